The van der Waals surface area contributed by atoms with E-state index in [9.17, 15) is 18.1 Å². The molecule has 4 heterocycles. The third kappa shape index (κ3) is 5.78. The summed E-state index contributed by atoms with van der Waals surface area (Å²) >= 11 is -1.15. The van der Waals surface area contributed by atoms with Gasteiger partial charge in [0.15, 0.2) is 11.6 Å². The first-order valence-corrected chi connectivity index (χ1v) is 12.2. The Hall–Kier alpha value is -3.07. The van der Waals surface area contributed by atoms with Crippen molar-refractivity contribution < 1.29 is 22.9 Å². The van der Waals surface area contributed by atoms with E-state index in [1.165, 1.54) is 6.20 Å². The van der Waals surface area contributed by atoms with Crippen molar-refractivity contribution in [2.75, 3.05) is 49.6 Å². The second-order valence-electron chi connectivity index (χ2n) is 8.04. The molecule has 14 heteroatoms. The normalized spacial score (nSPS) is 21.7. The Morgan fingerprint density at radius 1 is 1.26 bits per heavy atom. The summed E-state index contributed by atoms with van der Waals surface area (Å²) in [5, 5.41) is 12.8. The van der Waals surface area contributed by atoms with Crippen LogP contribution in [0.4, 0.5) is 20.2 Å². The number of aromatic nitrogens is 1. The molecule has 5 N–H and O–H groups in total. The number of hydrogen-bond donors (Lipinski definition) is 4. The van der Waals surface area contributed by atoms with Gasteiger partial charge in [-0.1, -0.05) is 0 Å². The number of nitrogens with zero attached hydrogens (tertiary/aromatic N) is 4. The quantitative estimate of drug-likeness (QED) is 0.190. The van der Waals surface area contributed by atoms with Crippen LogP contribution in [-0.2, 0) is 20.9 Å². The first kappa shape index (κ1) is 25.0. The molecule has 2 saturated heterocycles. The number of carbonyl (C=O) groups excluding carboxylic acids is 1. The number of nitrogens with two attached hydrogens (primary N) is 1. The number of piperazine rings is 1. The summed E-state index contributed by atoms with van der Waals surface area (Å²) < 4.78 is 48.3. The Labute approximate surface area is 203 Å². The summed E-state index contributed by atoms with van der Waals surface area (Å²) in [6.45, 7) is 2.89. The van der Waals surface area contributed by atoms with Gasteiger partial charge in [0.25, 0.3) is 5.91 Å². The van der Waals surface area contributed by atoms with Gasteiger partial charge in [0.2, 0.25) is 0 Å². The highest BCUT2D eigenvalue weighted by Crippen LogP contribution is 2.31. The molecule has 0 aromatic carbocycles. The molecule has 3 aliphatic heterocycles. The number of hydrogen-bond acceptors (Lipinski definition) is 9. The molecule has 0 saturated carbocycles. The fourth-order valence-electron chi connectivity index (χ4n) is 4.04. The lowest BCUT2D eigenvalue weighted by Crippen LogP contribution is -2.52. The number of halogens is 2. The number of anilines is 2. The van der Waals surface area contributed by atoms with E-state index in [1.54, 1.807) is 4.90 Å². The highest BCUT2D eigenvalue weighted by Gasteiger charge is 2.35. The summed E-state index contributed by atoms with van der Waals surface area (Å²) in [6, 6.07) is 0. The topological polar surface area (TPSA) is 155 Å². The molecule has 4 rings (SSSR count). The maximum Gasteiger partial charge on any atom is 0.263 e. The van der Waals surface area contributed by atoms with Crippen LogP contribution in [0.3, 0.4) is 0 Å². The number of rotatable bonds is 6. The fraction of sp³-hybridized carbons (Fsp3) is 0.429. The average Bonchev–Trinajstić information content (AvgIpc) is 2.85. The minimum atomic E-state index is -1.15. The molecule has 0 bridgehead atoms. The average molecular weight is 509 g/mol. The summed E-state index contributed by atoms with van der Waals surface area (Å²) in [4.78, 5) is 22.3. The zero-order chi connectivity index (χ0) is 24.9. The standard InChI is InChI=1S/C21H26F2N8O3S/c22-13-9-27-20(28-10-13)17(19(24)25)21(32)29-16-12-26-11-15(23)18(16)30-3-5-31(6-4-30)35(33)14-1-7-34-8-2-14/h9-12,14,27H,1-8H2,(H3,24,25)(H,29,32)/b20-17-. The highest BCUT2D eigenvalue weighted by atomic mass is 32.2. The number of nitrogens with one attached hydrogen (secondary N) is 3. The lowest BCUT2D eigenvalue weighted by molar-refractivity contribution is -0.112. The zero-order valence-electron chi connectivity index (χ0n) is 18.8. The van der Waals surface area contributed by atoms with E-state index in [4.69, 9.17) is 15.9 Å². The van der Waals surface area contributed by atoms with Crippen molar-refractivity contribution in [3.63, 3.8) is 0 Å². The van der Waals surface area contributed by atoms with Crippen LogP contribution in [0.15, 0.2) is 40.8 Å². The van der Waals surface area contributed by atoms with E-state index < -0.39 is 34.7 Å². The molecular formula is C21H26F2N8O3S. The van der Waals surface area contributed by atoms with E-state index >= 15 is 0 Å². The first-order valence-electron chi connectivity index (χ1n) is 11.0. The van der Waals surface area contributed by atoms with Crippen molar-refractivity contribution >= 4 is 40.7 Å². The van der Waals surface area contributed by atoms with Gasteiger partial charge >= 0.3 is 0 Å². The number of pyridine rings is 1. The highest BCUT2D eigenvalue weighted by molar-refractivity contribution is 7.89. The van der Waals surface area contributed by atoms with Crippen molar-refractivity contribution in [3.05, 3.63) is 41.6 Å². The molecule has 0 radical (unpaired) electrons. The molecule has 0 spiro atoms. The number of amidine groups is 1. The van der Waals surface area contributed by atoms with E-state index in [2.05, 4.69) is 20.6 Å². The molecule has 0 aliphatic carbocycles. The molecule has 188 valence electrons. The molecule has 1 amide bonds. The Bertz CT molecular complexity index is 1070. The molecule has 35 heavy (non-hydrogen) atoms. The molecule has 3 aliphatic rings. The van der Waals surface area contributed by atoms with Crippen LogP contribution in [0.1, 0.15) is 12.8 Å². The lowest BCUT2D eigenvalue weighted by Gasteiger charge is -2.38. The number of aliphatic imine (C=N–C) groups is 1. The molecule has 1 aromatic heterocycles. The van der Waals surface area contributed by atoms with Crippen molar-refractivity contribution in [2.45, 2.75) is 18.1 Å². The fourth-order valence-corrected chi connectivity index (χ4v) is 5.58. The van der Waals surface area contributed by atoms with Crippen LogP contribution in [-0.4, -0.2) is 76.4 Å². The molecular weight excluding hydrogens is 482 g/mol. The van der Waals surface area contributed by atoms with Crippen molar-refractivity contribution in [2.24, 2.45) is 10.7 Å². The monoisotopic (exact) mass is 508 g/mol. The van der Waals surface area contributed by atoms with Gasteiger partial charge in [-0.25, -0.2) is 13.8 Å². The van der Waals surface area contributed by atoms with E-state index in [0.29, 0.717) is 39.4 Å². The van der Waals surface area contributed by atoms with Crippen LogP contribution in [0.5, 0.6) is 0 Å². The molecule has 1 unspecified atom stereocenters. The number of allylic oxidation sites excluding steroid dienone is 1. The smallest absolute Gasteiger partial charge is 0.263 e. The van der Waals surface area contributed by atoms with Crippen LogP contribution < -0.4 is 21.3 Å². The third-order valence-electron chi connectivity index (χ3n) is 5.78. The summed E-state index contributed by atoms with van der Waals surface area (Å²) in [5.74, 6) is -2.86. The molecule has 2 fully saturated rings. The summed E-state index contributed by atoms with van der Waals surface area (Å²) in [6.07, 6.45) is 5.68. The van der Waals surface area contributed by atoms with Gasteiger partial charge in [0.1, 0.15) is 28.2 Å². The second kappa shape index (κ2) is 11.1. The third-order valence-corrected chi connectivity index (χ3v) is 7.70. The zero-order valence-corrected chi connectivity index (χ0v) is 19.6. The second-order valence-corrected chi connectivity index (χ2v) is 9.78. The Balaban J connectivity index is 1.48. The van der Waals surface area contributed by atoms with Gasteiger partial charge in [-0.2, -0.15) is 0 Å². The number of ether oxygens (including phenoxy) is 1. The van der Waals surface area contributed by atoms with E-state index in [0.717, 1.165) is 31.5 Å². The van der Waals surface area contributed by atoms with Crippen molar-refractivity contribution in [3.8, 4) is 0 Å². The maximum atomic E-state index is 14.9. The SMILES string of the molecule is N=C(N)/C(C(=O)Nc1cncc(F)c1N1CCN([S+]([O-])C2CCOCC2)CC1)=C1/N=CC(F)=CN1. The van der Waals surface area contributed by atoms with Gasteiger partial charge in [-0.15, -0.1) is 4.31 Å². The van der Waals surface area contributed by atoms with Crippen LogP contribution in [0, 0.1) is 11.2 Å². The minimum absolute atomic E-state index is 0.0558. The van der Waals surface area contributed by atoms with Gasteiger partial charge in [-0.05, 0) is 0 Å². The molecule has 1 atom stereocenters. The lowest BCUT2D eigenvalue weighted by atomic mass is 10.2. The summed E-state index contributed by atoms with van der Waals surface area (Å²) in [5.41, 5.74) is 5.44. The largest absolute Gasteiger partial charge is 0.598 e. The van der Waals surface area contributed by atoms with Crippen molar-refractivity contribution in [1.82, 2.24) is 14.6 Å². The van der Waals surface area contributed by atoms with Crippen molar-refractivity contribution in [1.29, 1.82) is 5.41 Å². The molecule has 1 aromatic rings. The molecule has 11 nitrogen and oxygen atoms in total. The van der Waals surface area contributed by atoms with Gasteiger partial charge in [-0.3, -0.25) is 15.2 Å². The predicted octanol–water partition coefficient (Wildman–Crippen LogP) is 0.756. The maximum absolute atomic E-state index is 14.9. The first-order chi connectivity index (χ1) is 16.8. The van der Waals surface area contributed by atoms with E-state index in [1.807, 2.05) is 4.31 Å². The predicted molar refractivity (Wildman–Crippen MR) is 128 cm³/mol. The van der Waals surface area contributed by atoms with Gasteiger partial charge in [0, 0.05) is 43.5 Å². The Morgan fingerprint density at radius 2 is 1.97 bits per heavy atom. The Kier molecular flexibility index (Phi) is 7.95. The van der Waals surface area contributed by atoms with Gasteiger partial charge in [0.05, 0.1) is 50.6 Å². The van der Waals surface area contributed by atoms with E-state index in [-0.39, 0.29) is 28.0 Å². The van der Waals surface area contributed by atoms with Crippen LogP contribution in [0.2, 0.25) is 0 Å². The van der Waals surface area contributed by atoms with Crippen LogP contribution in [0.25, 0.3) is 0 Å². The minimum Gasteiger partial charge on any atom is -0.598 e. The van der Waals surface area contributed by atoms with Crippen LogP contribution >= 0.6 is 0 Å². The Morgan fingerprint density at radius 3 is 2.60 bits per heavy atom. The number of carbonyl (C=O) groups is 1. The summed E-state index contributed by atoms with van der Waals surface area (Å²) in [7, 11) is 0. The van der Waals surface area contributed by atoms with Gasteiger partial charge < -0.3 is 30.6 Å². The number of amides is 1.